The van der Waals surface area contributed by atoms with Crippen molar-refractivity contribution in [2.75, 3.05) is 45.3 Å². The van der Waals surface area contributed by atoms with Gasteiger partial charge >= 0.3 is 0 Å². The lowest BCUT2D eigenvalue weighted by Gasteiger charge is -2.32. The van der Waals surface area contributed by atoms with Crippen molar-refractivity contribution in [3.8, 4) is 17.2 Å². The van der Waals surface area contributed by atoms with Gasteiger partial charge in [0.2, 0.25) is 0 Å². The lowest BCUT2D eigenvalue weighted by molar-refractivity contribution is 0.102. The molecule has 0 bridgehead atoms. The Hall–Kier alpha value is -4.20. The van der Waals surface area contributed by atoms with Crippen LogP contribution in [0.25, 0.3) is 10.9 Å². The van der Waals surface area contributed by atoms with Crippen molar-refractivity contribution in [3.05, 3.63) is 63.9 Å². The highest BCUT2D eigenvalue weighted by Gasteiger charge is 2.21. The summed E-state index contributed by atoms with van der Waals surface area (Å²) in [5.74, 6) is 1.76. The van der Waals surface area contributed by atoms with E-state index in [9.17, 15) is 9.59 Å². The highest BCUT2D eigenvalue weighted by molar-refractivity contribution is 6.11. The summed E-state index contributed by atoms with van der Waals surface area (Å²) in [6.45, 7) is 5.02. The third kappa shape index (κ3) is 6.48. The Bertz CT molecular complexity index is 1590. The maximum atomic E-state index is 13.2. The number of piperidine rings is 1. The van der Waals surface area contributed by atoms with E-state index in [0.29, 0.717) is 42.5 Å². The van der Waals surface area contributed by atoms with Crippen LogP contribution >= 0.6 is 12.4 Å². The Morgan fingerprint density at radius 3 is 2.64 bits per heavy atom. The van der Waals surface area contributed by atoms with E-state index < -0.39 is 5.91 Å². The van der Waals surface area contributed by atoms with Crippen molar-refractivity contribution >= 4 is 35.2 Å². The van der Waals surface area contributed by atoms with Crippen molar-refractivity contribution in [2.45, 2.75) is 32.0 Å². The smallest absolute Gasteiger partial charge is 0.270 e. The number of methoxy groups -OCH3 is 1. The average Bonchev–Trinajstić information content (AvgIpc) is 3.52. The molecule has 0 spiro atoms. The minimum atomic E-state index is -0.489. The van der Waals surface area contributed by atoms with Crippen LogP contribution < -0.4 is 30.4 Å². The number of tetrazole rings is 1. The molecular weight excluding hydrogens is 564 g/mol. The summed E-state index contributed by atoms with van der Waals surface area (Å²) >= 11 is 0. The average molecular weight is 597 g/mol. The van der Waals surface area contributed by atoms with Gasteiger partial charge < -0.3 is 29.0 Å². The summed E-state index contributed by atoms with van der Waals surface area (Å²) in [6.07, 6.45) is 2.03. The number of aromatic amines is 1. The van der Waals surface area contributed by atoms with Crippen LogP contribution in [0.15, 0.2) is 47.3 Å². The van der Waals surface area contributed by atoms with Gasteiger partial charge in [0.15, 0.2) is 11.5 Å². The molecule has 4 heterocycles. The number of anilines is 1. The summed E-state index contributed by atoms with van der Waals surface area (Å²) in [5, 5.41) is 20.1. The molecular formula is C28H33ClN8O5. The summed E-state index contributed by atoms with van der Waals surface area (Å²) in [6, 6.07) is 13.2. The highest BCUT2D eigenvalue weighted by atomic mass is 35.5. The Labute approximate surface area is 247 Å². The second kappa shape index (κ2) is 13.2. The van der Waals surface area contributed by atoms with Crippen molar-refractivity contribution in [3.63, 3.8) is 0 Å². The van der Waals surface area contributed by atoms with Crippen LogP contribution in [0.3, 0.4) is 0 Å². The predicted molar refractivity (Wildman–Crippen MR) is 158 cm³/mol. The second-order valence-corrected chi connectivity index (χ2v) is 10.1. The fourth-order valence-corrected chi connectivity index (χ4v) is 5.35. The number of amides is 1. The number of likely N-dealkylation sites (tertiary alicyclic amines) is 1. The van der Waals surface area contributed by atoms with Crippen LogP contribution in [0.4, 0.5) is 5.95 Å². The molecule has 2 aliphatic heterocycles. The fourth-order valence-electron chi connectivity index (χ4n) is 5.35. The van der Waals surface area contributed by atoms with Gasteiger partial charge in [-0.2, -0.15) is 5.21 Å². The molecule has 0 radical (unpaired) electrons. The molecule has 2 aromatic carbocycles. The number of hydrogen-bond acceptors (Lipinski definition) is 10. The first-order valence-corrected chi connectivity index (χ1v) is 13.7. The van der Waals surface area contributed by atoms with E-state index in [1.54, 1.807) is 29.9 Å². The molecule has 1 amide bonds. The minimum Gasteiger partial charge on any atom is -0.497 e. The zero-order valence-electron chi connectivity index (χ0n) is 23.2. The first-order chi connectivity index (χ1) is 20.1. The molecule has 13 nitrogen and oxygen atoms in total. The van der Waals surface area contributed by atoms with Gasteiger partial charge in [-0.3, -0.25) is 14.9 Å². The van der Waals surface area contributed by atoms with Crippen LogP contribution in [0.2, 0.25) is 0 Å². The standard InChI is InChI=1S/C28H32N8O5.ClH/c1-39-20-3-4-21-22(27(38)30-28-31-33-34-32-28)16-26(37)36(23(21)15-20)11-10-35-8-6-19(7-9-35)29-17-18-2-5-24-25(14-18)41-13-12-40-24;/h2-5,14-16,19,29H,6-13,17H2,1H3,(H2,30,31,32,33,34,38);1H. The largest absolute Gasteiger partial charge is 0.497 e. The first kappa shape index (κ1) is 29.3. The molecule has 6 rings (SSSR count). The number of nitrogens with zero attached hydrogens (tertiary/aromatic N) is 5. The van der Waals surface area contributed by atoms with Crippen molar-refractivity contribution in [1.29, 1.82) is 0 Å². The summed E-state index contributed by atoms with van der Waals surface area (Å²) in [5.41, 5.74) is 1.78. The van der Waals surface area contributed by atoms with Gasteiger partial charge in [-0.25, -0.2) is 0 Å². The number of carbonyl (C=O) groups is 1. The van der Waals surface area contributed by atoms with Crippen LogP contribution in [0.5, 0.6) is 17.2 Å². The Kier molecular flexibility index (Phi) is 9.20. The van der Waals surface area contributed by atoms with Crippen LogP contribution in [0.1, 0.15) is 28.8 Å². The number of rotatable bonds is 9. The third-order valence-corrected chi connectivity index (χ3v) is 7.56. The third-order valence-electron chi connectivity index (χ3n) is 7.56. The zero-order valence-corrected chi connectivity index (χ0v) is 24.0. The van der Waals surface area contributed by atoms with Crippen molar-refractivity contribution in [1.82, 2.24) is 35.4 Å². The Morgan fingerprint density at radius 1 is 1.07 bits per heavy atom. The molecule has 0 atom stereocenters. The number of carbonyl (C=O) groups excluding carboxylic acids is 1. The second-order valence-electron chi connectivity index (χ2n) is 10.1. The van der Waals surface area contributed by atoms with Crippen LogP contribution in [-0.4, -0.2) is 82.0 Å². The summed E-state index contributed by atoms with van der Waals surface area (Å²) in [7, 11) is 1.57. The van der Waals surface area contributed by atoms with Gasteiger partial charge in [0.25, 0.3) is 17.4 Å². The Balaban J connectivity index is 0.00000353. The number of pyridine rings is 1. The highest BCUT2D eigenvalue weighted by Crippen LogP contribution is 2.31. The molecule has 4 aromatic rings. The number of H-pyrrole nitrogens is 1. The topological polar surface area (TPSA) is 149 Å². The maximum absolute atomic E-state index is 13.2. The predicted octanol–water partition coefficient (Wildman–Crippen LogP) is 2.22. The van der Waals surface area contributed by atoms with Gasteiger partial charge in [-0.1, -0.05) is 11.2 Å². The van der Waals surface area contributed by atoms with E-state index in [4.69, 9.17) is 14.2 Å². The van der Waals surface area contributed by atoms with Crippen molar-refractivity contribution in [2.24, 2.45) is 0 Å². The quantitative estimate of drug-likeness (QED) is 0.263. The summed E-state index contributed by atoms with van der Waals surface area (Å²) in [4.78, 5) is 28.6. The minimum absolute atomic E-state index is 0. The van der Waals surface area contributed by atoms with E-state index in [0.717, 1.165) is 50.5 Å². The van der Waals surface area contributed by atoms with Gasteiger partial charge in [-0.15, -0.1) is 17.5 Å². The number of halogens is 1. The van der Waals surface area contributed by atoms with E-state index in [1.807, 2.05) is 12.1 Å². The molecule has 1 saturated heterocycles. The van der Waals surface area contributed by atoms with Gasteiger partial charge in [0.05, 0.1) is 18.2 Å². The number of benzene rings is 2. The van der Waals surface area contributed by atoms with Gasteiger partial charge in [0, 0.05) is 43.2 Å². The van der Waals surface area contributed by atoms with E-state index in [1.165, 1.54) is 11.6 Å². The zero-order chi connectivity index (χ0) is 28.2. The molecule has 3 N–H and O–H groups in total. The van der Waals surface area contributed by atoms with E-state index in [2.05, 4.69) is 42.2 Å². The molecule has 0 aliphatic carbocycles. The SMILES string of the molecule is COc1ccc2c(C(=O)Nc3nn[nH]n3)cc(=O)n(CCN3CCC(NCc4ccc5c(c4)OCCO5)CC3)c2c1.Cl. The van der Waals surface area contributed by atoms with Gasteiger partial charge in [0.1, 0.15) is 19.0 Å². The molecule has 1 fully saturated rings. The maximum Gasteiger partial charge on any atom is 0.270 e. The molecule has 2 aromatic heterocycles. The van der Waals surface area contributed by atoms with Gasteiger partial charge in [-0.05, 0) is 61.0 Å². The van der Waals surface area contributed by atoms with E-state index in [-0.39, 0.29) is 29.5 Å². The van der Waals surface area contributed by atoms with Crippen molar-refractivity contribution < 1.29 is 19.0 Å². The number of hydrogen-bond donors (Lipinski definition) is 3. The van der Waals surface area contributed by atoms with E-state index >= 15 is 0 Å². The molecule has 222 valence electrons. The molecule has 42 heavy (non-hydrogen) atoms. The molecule has 2 aliphatic rings. The van der Waals surface area contributed by atoms with Crippen LogP contribution in [-0.2, 0) is 13.1 Å². The normalized spacial score (nSPS) is 15.3. The number of aromatic nitrogens is 5. The number of nitrogens with one attached hydrogen (secondary N) is 3. The number of fused-ring (bicyclic) bond motifs is 2. The Morgan fingerprint density at radius 2 is 1.88 bits per heavy atom. The molecule has 14 heteroatoms. The number of ether oxygens (including phenoxy) is 3. The fraction of sp³-hybridized carbons (Fsp3) is 0.393. The first-order valence-electron chi connectivity index (χ1n) is 13.7. The molecule has 0 saturated carbocycles. The molecule has 0 unspecified atom stereocenters. The summed E-state index contributed by atoms with van der Waals surface area (Å²) < 4.78 is 18.4. The monoisotopic (exact) mass is 596 g/mol. The van der Waals surface area contributed by atoms with Crippen LogP contribution in [0, 0.1) is 0 Å². The lowest BCUT2D eigenvalue weighted by Crippen LogP contribution is -2.43. The lowest BCUT2D eigenvalue weighted by atomic mass is 10.0.